The van der Waals surface area contributed by atoms with E-state index in [0.717, 1.165) is 16.0 Å². The van der Waals surface area contributed by atoms with Gasteiger partial charge in [0, 0.05) is 33.2 Å². The molecule has 0 atom stereocenters. The fourth-order valence-corrected chi connectivity index (χ4v) is 3.15. The van der Waals surface area contributed by atoms with Crippen molar-refractivity contribution in [2.45, 2.75) is 39.8 Å². The first kappa shape index (κ1) is 14.7. The predicted molar refractivity (Wildman–Crippen MR) is 86.6 cm³/mol. The first-order valence-corrected chi connectivity index (χ1v) is 7.92. The number of hydrogen-bond acceptors (Lipinski definition) is 3. The Balaban J connectivity index is 2.16. The van der Waals surface area contributed by atoms with Gasteiger partial charge in [0.25, 0.3) is 0 Å². The van der Waals surface area contributed by atoms with Crippen LogP contribution in [0.3, 0.4) is 0 Å². The Bertz CT molecular complexity index is 570. The average Bonchev–Trinajstić information content (AvgIpc) is 2.74. The van der Waals surface area contributed by atoms with Crippen LogP contribution in [0.25, 0.3) is 10.6 Å². The van der Waals surface area contributed by atoms with Crippen molar-refractivity contribution in [3.05, 3.63) is 39.3 Å². The zero-order valence-electron chi connectivity index (χ0n) is 11.7. The Hall–Kier alpha value is -0.710. The standard InChI is InChI=1S/C15H19BrN2S/c1-10-7-11(16)5-6-13(10)14-17-8-12(19-14)9-18-15(2,3)4/h5-8,18H,9H2,1-4H3. The van der Waals surface area contributed by atoms with Gasteiger partial charge in [-0.05, 0) is 45.4 Å². The fraction of sp³-hybridized carbons (Fsp3) is 0.400. The highest BCUT2D eigenvalue weighted by atomic mass is 79.9. The van der Waals surface area contributed by atoms with Crippen LogP contribution in [0.2, 0.25) is 0 Å². The van der Waals surface area contributed by atoms with Crippen molar-refractivity contribution in [1.82, 2.24) is 10.3 Å². The summed E-state index contributed by atoms with van der Waals surface area (Å²) in [4.78, 5) is 5.81. The molecule has 1 aromatic heterocycles. The predicted octanol–water partition coefficient (Wildman–Crippen LogP) is 4.77. The summed E-state index contributed by atoms with van der Waals surface area (Å²) in [5.74, 6) is 0. The summed E-state index contributed by atoms with van der Waals surface area (Å²) in [5, 5.41) is 4.58. The van der Waals surface area contributed by atoms with E-state index >= 15 is 0 Å². The van der Waals surface area contributed by atoms with E-state index in [4.69, 9.17) is 0 Å². The van der Waals surface area contributed by atoms with Gasteiger partial charge in [-0.2, -0.15) is 0 Å². The van der Waals surface area contributed by atoms with Crippen LogP contribution >= 0.6 is 27.3 Å². The lowest BCUT2D eigenvalue weighted by molar-refractivity contribution is 0.426. The largest absolute Gasteiger partial charge is 0.307 e. The third kappa shape index (κ3) is 4.13. The van der Waals surface area contributed by atoms with Gasteiger partial charge < -0.3 is 5.32 Å². The van der Waals surface area contributed by atoms with Crippen LogP contribution in [0.5, 0.6) is 0 Å². The number of benzene rings is 1. The molecule has 0 fully saturated rings. The van der Waals surface area contributed by atoms with Gasteiger partial charge in [0.05, 0.1) is 0 Å². The van der Waals surface area contributed by atoms with Crippen LogP contribution in [-0.2, 0) is 6.54 Å². The molecule has 1 heterocycles. The van der Waals surface area contributed by atoms with Crippen LogP contribution in [0.4, 0.5) is 0 Å². The van der Waals surface area contributed by atoms with E-state index in [1.165, 1.54) is 16.0 Å². The van der Waals surface area contributed by atoms with Gasteiger partial charge in [-0.15, -0.1) is 11.3 Å². The Morgan fingerprint density at radius 1 is 1.32 bits per heavy atom. The van der Waals surface area contributed by atoms with Gasteiger partial charge in [-0.1, -0.05) is 22.0 Å². The van der Waals surface area contributed by atoms with Gasteiger partial charge in [0.1, 0.15) is 5.01 Å². The van der Waals surface area contributed by atoms with E-state index in [1.807, 2.05) is 6.20 Å². The molecule has 4 heteroatoms. The number of rotatable bonds is 3. The lowest BCUT2D eigenvalue weighted by atomic mass is 10.1. The summed E-state index contributed by atoms with van der Waals surface area (Å²) < 4.78 is 1.11. The molecule has 1 aromatic carbocycles. The van der Waals surface area contributed by atoms with E-state index in [1.54, 1.807) is 11.3 Å². The molecule has 0 aliphatic rings. The van der Waals surface area contributed by atoms with Crippen LogP contribution in [0.15, 0.2) is 28.9 Å². The molecule has 2 rings (SSSR count). The highest BCUT2D eigenvalue weighted by Gasteiger charge is 2.11. The van der Waals surface area contributed by atoms with Crippen LogP contribution < -0.4 is 5.32 Å². The molecule has 0 saturated heterocycles. The molecule has 0 spiro atoms. The maximum absolute atomic E-state index is 4.54. The van der Waals surface area contributed by atoms with Crippen molar-refractivity contribution < 1.29 is 0 Å². The summed E-state index contributed by atoms with van der Waals surface area (Å²) in [5.41, 5.74) is 2.60. The SMILES string of the molecule is Cc1cc(Br)ccc1-c1ncc(CNC(C)(C)C)s1. The third-order valence-corrected chi connectivity index (χ3v) is 4.29. The fourth-order valence-electron chi connectivity index (χ4n) is 1.73. The molecule has 0 aliphatic heterocycles. The first-order valence-electron chi connectivity index (χ1n) is 6.31. The molecule has 2 aromatic rings. The molecule has 0 bridgehead atoms. The minimum Gasteiger partial charge on any atom is -0.307 e. The number of halogens is 1. The molecule has 19 heavy (non-hydrogen) atoms. The highest BCUT2D eigenvalue weighted by Crippen LogP contribution is 2.29. The van der Waals surface area contributed by atoms with E-state index < -0.39 is 0 Å². The van der Waals surface area contributed by atoms with Crippen molar-refractivity contribution in [1.29, 1.82) is 0 Å². The molecule has 0 aliphatic carbocycles. The van der Waals surface area contributed by atoms with Crippen LogP contribution in [-0.4, -0.2) is 10.5 Å². The minimum atomic E-state index is 0.137. The van der Waals surface area contributed by atoms with Crippen LogP contribution in [0, 0.1) is 6.92 Å². The van der Waals surface area contributed by atoms with E-state index in [-0.39, 0.29) is 5.54 Å². The second-order valence-corrected chi connectivity index (χ2v) is 7.73. The van der Waals surface area contributed by atoms with Gasteiger partial charge in [-0.25, -0.2) is 4.98 Å². The average molecular weight is 339 g/mol. The topological polar surface area (TPSA) is 24.9 Å². The van der Waals surface area contributed by atoms with E-state index in [0.29, 0.717) is 0 Å². The molecule has 0 radical (unpaired) electrons. The lowest BCUT2D eigenvalue weighted by Crippen LogP contribution is -2.34. The lowest BCUT2D eigenvalue weighted by Gasteiger charge is -2.19. The number of thiazole rings is 1. The number of aryl methyl sites for hydroxylation is 1. The zero-order chi connectivity index (χ0) is 14.0. The summed E-state index contributed by atoms with van der Waals surface area (Å²) >= 11 is 5.25. The summed E-state index contributed by atoms with van der Waals surface area (Å²) in [6, 6.07) is 6.32. The normalized spacial score (nSPS) is 11.8. The van der Waals surface area contributed by atoms with Gasteiger partial charge in [0.2, 0.25) is 0 Å². The van der Waals surface area contributed by atoms with Crippen molar-refractivity contribution >= 4 is 27.3 Å². The van der Waals surface area contributed by atoms with Gasteiger partial charge in [-0.3, -0.25) is 0 Å². The third-order valence-electron chi connectivity index (χ3n) is 2.77. The quantitative estimate of drug-likeness (QED) is 0.871. The molecule has 0 unspecified atom stereocenters. The van der Waals surface area contributed by atoms with Gasteiger partial charge >= 0.3 is 0 Å². The molecule has 2 nitrogen and oxygen atoms in total. The Morgan fingerprint density at radius 2 is 2.05 bits per heavy atom. The second kappa shape index (κ2) is 5.73. The maximum atomic E-state index is 4.54. The van der Waals surface area contributed by atoms with E-state index in [9.17, 15) is 0 Å². The Labute approximate surface area is 127 Å². The first-order chi connectivity index (χ1) is 8.85. The van der Waals surface area contributed by atoms with Crippen LogP contribution in [0.1, 0.15) is 31.2 Å². The zero-order valence-corrected chi connectivity index (χ0v) is 14.2. The van der Waals surface area contributed by atoms with Crippen molar-refractivity contribution in [3.8, 4) is 10.6 Å². The number of nitrogens with one attached hydrogen (secondary N) is 1. The number of nitrogens with zero attached hydrogens (tertiary/aromatic N) is 1. The maximum Gasteiger partial charge on any atom is 0.123 e. The molecule has 0 amide bonds. The number of aromatic nitrogens is 1. The van der Waals surface area contributed by atoms with Crippen molar-refractivity contribution in [2.24, 2.45) is 0 Å². The summed E-state index contributed by atoms with van der Waals surface area (Å²) in [6.07, 6.45) is 1.97. The number of hydrogen-bond donors (Lipinski definition) is 1. The van der Waals surface area contributed by atoms with Gasteiger partial charge in [0.15, 0.2) is 0 Å². The second-order valence-electron chi connectivity index (χ2n) is 5.69. The Kier molecular flexibility index (Phi) is 4.43. The summed E-state index contributed by atoms with van der Waals surface area (Å²) in [7, 11) is 0. The van der Waals surface area contributed by atoms with Crippen molar-refractivity contribution in [3.63, 3.8) is 0 Å². The smallest absolute Gasteiger partial charge is 0.123 e. The highest BCUT2D eigenvalue weighted by molar-refractivity contribution is 9.10. The molecule has 102 valence electrons. The summed E-state index contributed by atoms with van der Waals surface area (Å²) in [6.45, 7) is 9.51. The molecular formula is C15H19BrN2S. The Morgan fingerprint density at radius 3 is 2.68 bits per heavy atom. The monoisotopic (exact) mass is 338 g/mol. The molecular weight excluding hydrogens is 320 g/mol. The molecule has 1 N–H and O–H groups in total. The van der Waals surface area contributed by atoms with E-state index in [2.05, 4.69) is 72.1 Å². The minimum absolute atomic E-state index is 0.137. The molecule has 0 saturated carbocycles. The van der Waals surface area contributed by atoms with Crippen molar-refractivity contribution in [2.75, 3.05) is 0 Å².